The number of rotatable bonds is 2. The van der Waals surface area contributed by atoms with Crippen LogP contribution in [-0.4, -0.2) is 109 Å². The molecule has 7 rings (SSSR count). The fourth-order valence-corrected chi connectivity index (χ4v) is 7.67. The van der Waals surface area contributed by atoms with E-state index in [2.05, 4.69) is 29.9 Å². The molecule has 0 radical (unpaired) electrons. The van der Waals surface area contributed by atoms with Crippen molar-refractivity contribution in [2.24, 2.45) is 0 Å². The van der Waals surface area contributed by atoms with Gasteiger partial charge in [0.05, 0.1) is 25.9 Å². The third-order valence-electron chi connectivity index (χ3n) is 7.32. The van der Waals surface area contributed by atoms with E-state index in [0.29, 0.717) is 0 Å². The van der Waals surface area contributed by atoms with Gasteiger partial charge >= 0.3 is 14.5 Å². The Bertz CT molecular complexity index is 1940. The van der Waals surface area contributed by atoms with E-state index >= 15 is 0 Å². The monoisotopic (exact) mass is 690 g/mol. The van der Waals surface area contributed by atoms with Crippen LogP contribution in [0.25, 0.3) is 22.3 Å². The van der Waals surface area contributed by atoms with Crippen molar-refractivity contribution in [3.05, 3.63) is 29.3 Å². The highest BCUT2D eigenvalue weighted by Gasteiger charge is 2.53. The number of phosphoric acid groups is 1. The maximum absolute atomic E-state index is 13.2. The van der Waals surface area contributed by atoms with Gasteiger partial charge in [-0.2, -0.15) is 4.98 Å². The molecule has 0 aromatic carbocycles. The normalized spacial score (nSPS) is 37.7. The summed E-state index contributed by atoms with van der Waals surface area (Å²) in [6, 6.07) is 0. The van der Waals surface area contributed by atoms with Crippen molar-refractivity contribution in [2.45, 2.75) is 49.1 Å². The summed E-state index contributed by atoms with van der Waals surface area (Å²) in [6.45, 7) is -5.58. The number of nitrogen functional groups attached to an aromatic ring is 2. The van der Waals surface area contributed by atoms with Crippen LogP contribution in [0.1, 0.15) is 12.5 Å². The Kier molecular flexibility index (Phi) is 7.52. The fraction of sp³-hybridized carbons (Fsp3) is 0.500. The summed E-state index contributed by atoms with van der Waals surface area (Å²) in [5, 5.41) is 22.3. The molecule has 4 aromatic rings. The van der Waals surface area contributed by atoms with Crippen LogP contribution < -0.4 is 17.0 Å². The van der Waals surface area contributed by atoms with Gasteiger partial charge in [-0.25, -0.2) is 24.5 Å². The Labute approximate surface area is 254 Å². The number of nitrogens with two attached hydrogens (primary N) is 2. The molecule has 0 spiro atoms. The summed E-state index contributed by atoms with van der Waals surface area (Å²) in [5.74, 6) is -0.189. The summed E-state index contributed by atoms with van der Waals surface area (Å²) in [5.41, 5.74) is 11.0. The SMILES string of the molecule is Nc1nc2c(ncn2[C@@H]2OC3COP(O)(=S)O[C@H]4[C@@H](O)[C@H](n5cnc6c(N)ncnc65)O[C@@H]4COP(=O)(O)O[C@@H]2[C@@H]3O)c(=O)[nH]1. The van der Waals surface area contributed by atoms with E-state index in [4.69, 9.17) is 50.8 Å². The van der Waals surface area contributed by atoms with Crippen LogP contribution >= 0.6 is 14.5 Å². The number of phosphoric ester groups is 1. The van der Waals surface area contributed by atoms with E-state index < -0.39 is 82.4 Å². The van der Waals surface area contributed by atoms with Gasteiger partial charge in [0.1, 0.15) is 48.5 Å². The molecule has 22 nitrogen and oxygen atoms in total. The molecule has 3 fully saturated rings. The number of aromatic nitrogens is 8. The summed E-state index contributed by atoms with van der Waals surface area (Å²) < 4.78 is 49.2. The van der Waals surface area contributed by atoms with Crippen LogP contribution in [0.4, 0.5) is 11.8 Å². The lowest BCUT2D eigenvalue weighted by atomic mass is 10.1. The van der Waals surface area contributed by atoms with Crippen molar-refractivity contribution in [1.29, 1.82) is 0 Å². The second kappa shape index (κ2) is 11.1. The summed E-state index contributed by atoms with van der Waals surface area (Å²) >= 11 is 5.18. The largest absolute Gasteiger partial charge is 0.472 e. The molecule has 9 N–H and O–H groups in total. The molecular weight excluding hydrogens is 666 g/mol. The van der Waals surface area contributed by atoms with E-state index in [9.17, 15) is 29.4 Å². The molecular formula is C20H24N10O12P2S. The Morgan fingerprint density at radius 1 is 0.889 bits per heavy atom. The van der Waals surface area contributed by atoms with Gasteiger partial charge in [0.2, 0.25) is 5.95 Å². The molecule has 7 heterocycles. The Balaban J connectivity index is 1.21. The topological polar surface area (TPSA) is 313 Å². The zero-order valence-electron chi connectivity index (χ0n) is 22.4. The van der Waals surface area contributed by atoms with Crippen LogP contribution in [0.5, 0.6) is 0 Å². The van der Waals surface area contributed by atoms with E-state index in [1.165, 1.54) is 17.2 Å². The second-order valence-corrected chi connectivity index (χ2v) is 14.3. The summed E-state index contributed by atoms with van der Waals surface area (Å²) in [7, 11) is -5.06. The van der Waals surface area contributed by atoms with Gasteiger partial charge in [-0.05, 0) is 11.8 Å². The van der Waals surface area contributed by atoms with E-state index in [0.717, 1.165) is 10.9 Å². The molecule has 25 heteroatoms. The van der Waals surface area contributed by atoms with E-state index in [1.54, 1.807) is 0 Å². The fourth-order valence-electron chi connectivity index (χ4n) is 5.30. The molecule has 10 atom stereocenters. The van der Waals surface area contributed by atoms with E-state index in [1.807, 2.05) is 0 Å². The van der Waals surface area contributed by atoms with Crippen LogP contribution in [0, 0.1) is 0 Å². The van der Waals surface area contributed by atoms with Crippen LogP contribution in [0.2, 0.25) is 0 Å². The number of H-pyrrole nitrogens is 1. The van der Waals surface area contributed by atoms with Crippen molar-refractivity contribution in [3.63, 3.8) is 0 Å². The van der Waals surface area contributed by atoms with Crippen molar-refractivity contribution in [3.8, 4) is 0 Å². The number of nitrogens with zero attached hydrogens (tertiary/aromatic N) is 7. The molecule has 242 valence electrons. The maximum atomic E-state index is 13.2. The molecule has 0 aliphatic carbocycles. The molecule has 3 unspecified atom stereocenters. The van der Waals surface area contributed by atoms with Gasteiger partial charge in [0.25, 0.3) is 5.56 Å². The molecule has 4 aromatic heterocycles. The van der Waals surface area contributed by atoms with Gasteiger partial charge in [-0.3, -0.25) is 32.5 Å². The van der Waals surface area contributed by atoms with Crippen molar-refractivity contribution >= 4 is 60.4 Å². The van der Waals surface area contributed by atoms with Gasteiger partial charge in [0, 0.05) is 0 Å². The zero-order chi connectivity index (χ0) is 31.8. The number of aromatic amines is 1. The van der Waals surface area contributed by atoms with E-state index in [-0.39, 0.29) is 34.1 Å². The summed E-state index contributed by atoms with van der Waals surface area (Å²) in [4.78, 5) is 56.4. The zero-order valence-corrected chi connectivity index (χ0v) is 25.0. The minimum Gasteiger partial charge on any atom is -0.387 e. The molecule has 45 heavy (non-hydrogen) atoms. The number of hydrogen-bond donors (Lipinski definition) is 7. The highest BCUT2D eigenvalue weighted by atomic mass is 32.5. The highest BCUT2D eigenvalue weighted by Crippen LogP contribution is 2.53. The van der Waals surface area contributed by atoms with Crippen LogP contribution in [-0.2, 0) is 43.9 Å². The van der Waals surface area contributed by atoms with Gasteiger partial charge in [-0.1, -0.05) is 0 Å². The molecule has 0 amide bonds. The molecule has 3 saturated heterocycles. The minimum absolute atomic E-state index is 0.0677. The first-order valence-electron chi connectivity index (χ1n) is 13.0. The van der Waals surface area contributed by atoms with Crippen molar-refractivity contribution in [1.82, 2.24) is 39.0 Å². The van der Waals surface area contributed by atoms with Crippen molar-refractivity contribution in [2.75, 3.05) is 24.7 Å². The average Bonchev–Trinajstić information content (AvgIpc) is 3.72. The van der Waals surface area contributed by atoms with Gasteiger partial charge in [0.15, 0.2) is 35.1 Å². The number of aliphatic hydroxyl groups excluding tert-OH is 2. The number of imidazole rings is 2. The van der Waals surface area contributed by atoms with Crippen LogP contribution in [0.3, 0.4) is 0 Å². The smallest absolute Gasteiger partial charge is 0.387 e. The van der Waals surface area contributed by atoms with Gasteiger partial charge in [-0.15, -0.1) is 0 Å². The molecule has 0 saturated carbocycles. The molecule has 3 aliphatic heterocycles. The average molecular weight is 690 g/mol. The number of fused-ring (bicyclic) bond motifs is 5. The minimum atomic E-state index is -5.06. The third-order valence-corrected chi connectivity index (χ3v) is 9.87. The first-order valence-corrected chi connectivity index (χ1v) is 17.0. The number of anilines is 2. The predicted molar refractivity (Wildman–Crippen MR) is 150 cm³/mol. The molecule has 2 bridgehead atoms. The molecule has 3 aliphatic rings. The Morgan fingerprint density at radius 2 is 1.58 bits per heavy atom. The summed E-state index contributed by atoms with van der Waals surface area (Å²) in [6.07, 6.45) is -8.15. The number of nitrogens with one attached hydrogen (secondary N) is 1. The third kappa shape index (κ3) is 5.44. The standard InChI is InChI=1S/C20H24N10O12P2S/c21-14-8-15(24-3-23-14)29(4-25-8)18-11(32)12-7(40-18)2-37-43(34,35)41-13-10(31)6(1-38-44(36,45)42-12)39-19(13)30-5-26-9-16(30)27-20(22)28-17(9)33/h3-7,10-13,18-19,31-32H,1-2H2,(H,34,35)(H,36,45)(H2,21,23,24)(H3,22,27,28,33)/t6?,7-,10-,11-,12-,13-,18-,19-,44?/m1/s1. The Morgan fingerprint density at radius 3 is 2.36 bits per heavy atom. The quantitative estimate of drug-likeness (QED) is 0.109. The first kappa shape index (κ1) is 30.6. The predicted octanol–water partition coefficient (Wildman–Crippen LogP) is -2.23. The van der Waals surface area contributed by atoms with Crippen LogP contribution in [0.15, 0.2) is 23.8 Å². The number of aliphatic hydroxyl groups is 2. The number of ether oxygens (including phenoxy) is 2. The lowest BCUT2D eigenvalue weighted by Gasteiger charge is -2.27. The lowest BCUT2D eigenvalue weighted by molar-refractivity contribution is -0.0647. The number of hydrogen-bond acceptors (Lipinski definition) is 18. The van der Waals surface area contributed by atoms with Gasteiger partial charge < -0.3 is 45.5 Å². The van der Waals surface area contributed by atoms with Crippen molar-refractivity contribution < 1.29 is 52.1 Å². The Hall–Kier alpha value is -3.02. The highest BCUT2D eigenvalue weighted by molar-refractivity contribution is 8.07. The lowest BCUT2D eigenvalue weighted by Crippen LogP contribution is -2.36. The first-order chi connectivity index (χ1) is 21.3. The maximum Gasteiger partial charge on any atom is 0.472 e. The second-order valence-electron chi connectivity index (χ2n) is 10.1.